The molecule has 0 heterocycles. The predicted octanol–water partition coefficient (Wildman–Crippen LogP) is 5.34. The van der Waals surface area contributed by atoms with E-state index in [0.29, 0.717) is 11.8 Å². The van der Waals surface area contributed by atoms with Crippen LogP contribution in [-0.2, 0) is 5.41 Å². The van der Waals surface area contributed by atoms with Gasteiger partial charge in [-0.15, -0.1) is 0 Å². The van der Waals surface area contributed by atoms with E-state index in [2.05, 4.69) is 75.7 Å². The summed E-state index contributed by atoms with van der Waals surface area (Å²) in [5, 5.41) is 0.990. The highest BCUT2D eigenvalue weighted by Crippen LogP contribution is 2.28. The van der Waals surface area contributed by atoms with E-state index in [9.17, 15) is 0 Å². The maximum Gasteiger partial charge on any atom is 0.122 e. The van der Waals surface area contributed by atoms with Crippen molar-refractivity contribution in [3.8, 4) is 5.75 Å². The maximum atomic E-state index is 5.99. The van der Waals surface area contributed by atoms with Crippen LogP contribution >= 0.6 is 15.9 Å². The van der Waals surface area contributed by atoms with E-state index >= 15 is 0 Å². The molecule has 1 rings (SSSR count). The molecule has 2 heteroatoms. The SMILES string of the molecule is Cc1cc(C(C)(C)C)ccc1OCC(CBr)C(C)C. The molecule has 0 aliphatic heterocycles. The van der Waals surface area contributed by atoms with E-state index in [-0.39, 0.29) is 5.41 Å². The van der Waals surface area contributed by atoms with E-state index in [1.807, 2.05) is 0 Å². The number of ether oxygens (including phenoxy) is 1. The predicted molar refractivity (Wildman–Crippen MR) is 87.5 cm³/mol. The van der Waals surface area contributed by atoms with Crippen molar-refractivity contribution in [1.82, 2.24) is 0 Å². The molecule has 0 spiro atoms. The molecule has 0 radical (unpaired) electrons. The first-order chi connectivity index (χ1) is 8.75. The molecule has 108 valence electrons. The second-order valence-corrected chi connectivity index (χ2v) is 7.35. The first kappa shape index (κ1) is 16.6. The Morgan fingerprint density at radius 2 is 1.84 bits per heavy atom. The number of hydrogen-bond donors (Lipinski definition) is 0. The lowest BCUT2D eigenvalue weighted by atomic mass is 9.86. The Bertz CT molecular complexity index is 404. The third-order valence-electron chi connectivity index (χ3n) is 3.63. The average Bonchev–Trinajstić information content (AvgIpc) is 2.29. The molecule has 0 aliphatic carbocycles. The van der Waals surface area contributed by atoms with Crippen molar-refractivity contribution in [2.24, 2.45) is 11.8 Å². The zero-order valence-corrected chi connectivity index (χ0v) is 14.7. The van der Waals surface area contributed by atoms with Crippen LogP contribution < -0.4 is 4.74 Å². The van der Waals surface area contributed by atoms with Gasteiger partial charge in [-0.2, -0.15) is 0 Å². The fourth-order valence-electron chi connectivity index (χ4n) is 1.89. The molecule has 0 aromatic heterocycles. The fourth-order valence-corrected chi connectivity index (χ4v) is 2.82. The van der Waals surface area contributed by atoms with Crippen molar-refractivity contribution in [2.45, 2.75) is 47.0 Å². The van der Waals surface area contributed by atoms with Gasteiger partial charge in [-0.1, -0.05) is 62.7 Å². The minimum atomic E-state index is 0.194. The number of halogens is 1. The van der Waals surface area contributed by atoms with Crippen molar-refractivity contribution < 1.29 is 4.74 Å². The standard InChI is InChI=1S/C17H27BrO/c1-12(2)14(10-18)11-19-16-8-7-15(9-13(16)3)17(4,5)6/h7-9,12,14H,10-11H2,1-6H3. The smallest absolute Gasteiger partial charge is 0.122 e. The maximum absolute atomic E-state index is 5.99. The third-order valence-corrected chi connectivity index (χ3v) is 4.47. The lowest BCUT2D eigenvalue weighted by molar-refractivity contribution is 0.226. The van der Waals surface area contributed by atoms with Gasteiger partial charge in [0.2, 0.25) is 0 Å². The van der Waals surface area contributed by atoms with Crippen molar-refractivity contribution in [1.29, 1.82) is 0 Å². The molecule has 1 aromatic carbocycles. The van der Waals surface area contributed by atoms with Gasteiger partial charge in [-0.25, -0.2) is 0 Å². The lowest BCUT2D eigenvalue weighted by Gasteiger charge is -2.22. The van der Waals surface area contributed by atoms with Crippen LogP contribution in [-0.4, -0.2) is 11.9 Å². The molecule has 1 unspecified atom stereocenters. The fraction of sp³-hybridized carbons (Fsp3) is 0.647. The van der Waals surface area contributed by atoms with Gasteiger partial charge in [-0.3, -0.25) is 0 Å². The van der Waals surface area contributed by atoms with E-state index in [1.165, 1.54) is 11.1 Å². The van der Waals surface area contributed by atoms with Crippen molar-refractivity contribution in [2.75, 3.05) is 11.9 Å². The van der Waals surface area contributed by atoms with Gasteiger partial charge >= 0.3 is 0 Å². The first-order valence-electron chi connectivity index (χ1n) is 7.05. The van der Waals surface area contributed by atoms with Gasteiger partial charge in [-0.05, 0) is 35.4 Å². The number of hydrogen-bond acceptors (Lipinski definition) is 1. The monoisotopic (exact) mass is 326 g/mol. The molecule has 1 aromatic rings. The van der Waals surface area contributed by atoms with Crippen LogP contribution in [0.3, 0.4) is 0 Å². The highest BCUT2D eigenvalue weighted by atomic mass is 79.9. The van der Waals surface area contributed by atoms with Gasteiger partial charge in [0.25, 0.3) is 0 Å². The summed E-state index contributed by atoms with van der Waals surface area (Å²) in [5.41, 5.74) is 2.78. The topological polar surface area (TPSA) is 9.23 Å². The second-order valence-electron chi connectivity index (χ2n) is 6.70. The Labute approximate surface area is 126 Å². The summed E-state index contributed by atoms with van der Waals surface area (Å²) in [6.07, 6.45) is 0. The summed E-state index contributed by atoms with van der Waals surface area (Å²) in [5.74, 6) is 2.20. The number of benzene rings is 1. The third kappa shape index (κ3) is 4.83. The Morgan fingerprint density at radius 1 is 1.21 bits per heavy atom. The molecular formula is C17H27BrO. The minimum Gasteiger partial charge on any atom is -0.493 e. The summed E-state index contributed by atoms with van der Waals surface area (Å²) in [6.45, 7) is 14.1. The van der Waals surface area contributed by atoms with E-state index < -0.39 is 0 Å². The number of aryl methyl sites for hydroxylation is 1. The van der Waals surface area contributed by atoms with Gasteiger partial charge in [0.15, 0.2) is 0 Å². The lowest BCUT2D eigenvalue weighted by Crippen LogP contribution is -2.19. The van der Waals surface area contributed by atoms with E-state index in [0.717, 1.165) is 17.7 Å². The highest BCUT2D eigenvalue weighted by Gasteiger charge is 2.16. The normalized spacial score (nSPS) is 13.7. The second kappa shape index (κ2) is 6.78. The van der Waals surface area contributed by atoms with Crippen LogP contribution in [0.2, 0.25) is 0 Å². The Balaban J connectivity index is 2.76. The molecule has 0 fully saturated rings. The van der Waals surface area contributed by atoms with Crippen LogP contribution in [0.1, 0.15) is 45.7 Å². The summed E-state index contributed by atoms with van der Waals surface area (Å²) in [7, 11) is 0. The molecule has 0 aliphatic rings. The zero-order chi connectivity index (χ0) is 14.6. The number of rotatable bonds is 5. The van der Waals surface area contributed by atoms with Crippen LogP contribution in [0.25, 0.3) is 0 Å². The van der Waals surface area contributed by atoms with Crippen molar-refractivity contribution in [3.05, 3.63) is 29.3 Å². The van der Waals surface area contributed by atoms with Crippen LogP contribution in [0.4, 0.5) is 0 Å². The molecule has 1 nitrogen and oxygen atoms in total. The van der Waals surface area contributed by atoms with Gasteiger partial charge < -0.3 is 4.74 Å². The quantitative estimate of drug-likeness (QED) is 0.664. The summed E-state index contributed by atoms with van der Waals surface area (Å²) >= 11 is 3.57. The molecule has 0 saturated carbocycles. The van der Waals surface area contributed by atoms with Crippen LogP contribution in [0.5, 0.6) is 5.75 Å². The Hall–Kier alpha value is -0.500. The van der Waals surface area contributed by atoms with Gasteiger partial charge in [0.1, 0.15) is 5.75 Å². The van der Waals surface area contributed by atoms with Gasteiger partial charge in [0.05, 0.1) is 6.61 Å². The molecule has 1 atom stereocenters. The van der Waals surface area contributed by atoms with E-state index in [1.54, 1.807) is 0 Å². The molecule has 0 N–H and O–H groups in total. The minimum absolute atomic E-state index is 0.194. The zero-order valence-electron chi connectivity index (χ0n) is 13.1. The Kier molecular flexibility index (Phi) is 5.91. The molecule has 0 bridgehead atoms. The molecule has 0 amide bonds. The molecule has 0 saturated heterocycles. The van der Waals surface area contributed by atoms with Crippen molar-refractivity contribution in [3.63, 3.8) is 0 Å². The van der Waals surface area contributed by atoms with E-state index in [4.69, 9.17) is 4.74 Å². The summed E-state index contributed by atoms with van der Waals surface area (Å²) < 4.78 is 5.99. The van der Waals surface area contributed by atoms with Crippen LogP contribution in [0.15, 0.2) is 18.2 Å². The van der Waals surface area contributed by atoms with Crippen molar-refractivity contribution >= 4 is 15.9 Å². The summed E-state index contributed by atoms with van der Waals surface area (Å²) in [6, 6.07) is 6.54. The summed E-state index contributed by atoms with van der Waals surface area (Å²) in [4.78, 5) is 0. The largest absolute Gasteiger partial charge is 0.493 e. The van der Waals surface area contributed by atoms with Crippen LogP contribution in [0, 0.1) is 18.8 Å². The highest BCUT2D eigenvalue weighted by molar-refractivity contribution is 9.09. The number of alkyl halides is 1. The Morgan fingerprint density at radius 3 is 2.26 bits per heavy atom. The first-order valence-corrected chi connectivity index (χ1v) is 8.17. The molecule has 19 heavy (non-hydrogen) atoms. The van der Waals surface area contributed by atoms with Gasteiger partial charge in [0, 0.05) is 11.2 Å². The molecular weight excluding hydrogens is 300 g/mol. The average molecular weight is 327 g/mol.